The smallest absolute Gasteiger partial charge is 0.261 e. The van der Waals surface area contributed by atoms with Gasteiger partial charge >= 0.3 is 0 Å². The second-order valence-electron chi connectivity index (χ2n) is 7.03. The summed E-state index contributed by atoms with van der Waals surface area (Å²) in [7, 11) is 2.11. The van der Waals surface area contributed by atoms with Crippen molar-refractivity contribution in [2.24, 2.45) is 0 Å². The van der Waals surface area contributed by atoms with Crippen molar-refractivity contribution in [3.63, 3.8) is 0 Å². The SMILES string of the molecule is CN1CCc2nc([C@@H]3CCCN3C(=O)COc3ccccc3)ncc2C1. The summed E-state index contributed by atoms with van der Waals surface area (Å²) in [5.74, 6) is 1.49. The highest BCUT2D eigenvalue weighted by Gasteiger charge is 2.32. The summed E-state index contributed by atoms with van der Waals surface area (Å²) in [6.45, 7) is 2.70. The van der Waals surface area contributed by atoms with E-state index in [1.54, 1.807) is 0 Å². The zero-order valence-electron chi connectivity index (χ0n) is 15.1. The number of aromatic nitrogens is 2. The molecule has 2 aromatic rings. The van der Waals surface area contributed by atoms with Crippen LogP contribution in [0.3, 0.4) is 0 Å². The standard InChI is InChI=1S/C20H24N4O2/c1-23-11-9-17-15(13-23)12-21-20(22-17)18-8-5-10-24(18)19(25)14-26-16-6-3-2-4-7-16/h2-4,6-7,12,18H,5,8-11,13-14H2,1H3/t18-/m0/s1. The summed E-state index contributed by atoms with van der Waals surface area (Å²) < 4.78 is 5.63. The van der Waals surface area contributed by atoms with Gasteiger partial charge in [-0.2, -0.15) is 0 Å². The summed E-state index contributed by atoms with van der Waals surface area (Å²) in [6.07, 6.45) is 4.77. The van der Waals surface area contributed by atoms with Crippen LogP contribution in [0.25, 0.3) is 0 Å². The Hall–Kier alpha value is -2.47. The van der Waals surface area contributed by atoms with Gasteiger partial charge in [-0.05, 0) is 32.0 Å². The fourth-order valence-electron chi connectivity index (χ4n) is 3.71. The monoisotopic (exact) mass is 352 g/mol. The van der Waals surface area contributed by atoms with E-state index in [2.05, 4.69) is 16.9 Å². The minimum absolute atomic E-state index is 0.00240. The van der Waals surface area contributed by atoms with Crippen molar-refractivity contribution in [1.29, 1.82) is 0 Å². The van der Waals surface area contributed by atoms with Gasteiger partial charge in [-0.3, -0.25) is 4.79 Å². The third-order valence-corrected chi connectivity index (χ3v) is 5.12. The molecule has 0 radical (unpaired) electrons. The van der Waals surface area contributed by atoms with Crippen molar-refractivity contribution in [2.75, 3.05) is 26.7 Å². The number of amides is 1. The van der Waals surface area contributed by atoms with E-state index in [1.165, 1.54) is 5.56 Å². The van der Waals surface area contributed by atoms with E-state index in [-0.39, 0.29) is 18.6 Å². The number of likely N-dealkylation sites (tertiary alicyclic amines) is 1. The van der Waals surface area contributed by atoms with E-state index < -0.39 is 0 Å². The average molecular weight is 352 g/mol. The van der Waals surface area contributed by atoms with E-state index >= 15 is 0 Å². The van der Waals surface area contributed by atoms with Gasteiger partial charge < -0.3 is 14.5 Å². The number of rotatable bonds is 4. The summed E-state index contributed by atoms with van der Waals surface area (Å²) >= 11 is 0. The van der Waals surface area contributed by atoms with Crippen LogP contribution in [0.1, 0.15) is 36.0 Å². The van der Waals surface area contributed by atoms with Crippen LogP contribution >= 0.6 is 0 Å². The Labute approximate surface area is 153 Å². The Morgan fingerprint density at radius 1 is 1.27 bits per heavy atom. The molecular formula is C20H24N4O2. The molecule has 0 N–H and O–H groups in total. The van der Waals surface area contributed by atoms with E-state index in [9.17, 15) is 4.79 Å². The number of ether oxygens (including phenoxy) is 1. The van der Waals surface area contributed by atoms with Gasteiger partial charge in [0, 0.05) is 43.5 Å². The molecule has 0 aliphatic carbocycles. The van der Waals surface area contributed by atoms with E-state index in [1.807, 2.05) is 41.4 Å². The fourth-order valence-corrected chi connectivity index (χ4v) is 3.71. The molecule has 1 fully saturated rings. The number of carbonyl (C=O) groups excluding carboxylic acids is 1. The van der Waals surface area contributed by atoms with E-state index in [0.29, 0.717) is 5.75 Å². The highest BCUT2D eigenvalue weighted by Crippen LogP contribution is 2.31. The van der Waals surface area contributed by atoms with Crippen molar-refractivity contribution < 1.29 is 9.53 Å². The van der Waals surface area contributed by atoms with Crippen LogP contribution < -0.4 is 4.74 Å². The molecule has 0 unspecified atom stereocenters. The lowest BCUT2D eigenvalue weighted by atomic mass is 10.1. The minimum atomic E-state index is -0.0353. The van der Waals surface area contributed by atoms with Crippen LogP contribution in [0.5, 0.6) is 5.75 Å². The molecule has 6 nitrogen and oxygen atoms in total. The van der Waals surface area contributed by atoms with Crippen LogP contribution in [-0.2, 0) is 17.8 Å². The topological polar surface area (TPSA) is 58.6 Å². The van der Waals surface area contributed by atoms with Gasteiger partial charge in [0.25, 0.3) is 5.91 Å². The normalized spacial score (nSPS) is 20.0. The molecule has 1 aromatic carbocycles. The largest absolute Gasteiger partial charge is 0.484 e. The molecule has 2 aliphatic heterocycles. The van der Waals surface area contributed by atoms with Crippen LogP contribution in [0, 0.1) is 0 Å². The number of fused-ring (bicyclic) bond motifs is 1. The van der Waals surface area contributed by atoms with Gasteiger partial charge in [-0.1, -0.05) is 18.2 Å². The molecule has 3 heterocycles. The fraction of sp³-hybridized carbons (Fsp3) is 0.450. The third kappa shape index (κ3) is 3.55. The number of likely N-dealkylation sites (N-methyl/N-ethyl adjacent to an activating group) is 1. The van der Waals surface area contributed by atoms with Gasteiger partial charge in [0.1, 0.15) is 5.75 Å². The molecular weight excluding hydrogens is 328 g/mol. The van der Waals surface area contributed by atoms with Crippen LogP contribution in [-0.4, -0.2) is 52.4 Å². The maximum absolute atomic E-state index is 12.7. The Balaban J connectivity index is 1.45. The quantitative estimate of drug-likeness (QED) is 0.844. The maximum atomic E-state index is 12.7. The van der Waals surface area contributed by atoms with Gasteiger partial charge in [0.15, 0.2) is 12.4 Å². The third-order valence-electron chi connectivity index (χ3n) is 5.12. The van der Waals surface area contributed by atoms with Crippen molar-refractivity contribution >= 4 is 5.91 Å². The molecule has 1 saturated heterocycles. The first-order valence-corrected chi connectivity index (χ1v) is 9.21. The van der Waals surface area contributed by atoms with Crippen LogP contribution in [0.4, 0.5) is 0 Å². The summed E-state index contributed by atoms with van der Waals surface area (Å²) in [5.41, 5.74) is 2.33. The van der Waals surface area contributed by atoms with Gasteiger partial charge in [-0.15, -0.1) is 0 Å². The maximum Gasteiger partial charge on any atom is 0.261 e. The number of benzene rings is 1. The molecule has 6 heteroatoms. The molecule has 26 heavy (non-hydrogen) atoms. The first-order valence-electron chi connectivity index (χ1n) is 9.21. The molecule has 1 aromatic heterocycles. The molecule has 0 spiro atoms. The predicted octanol–water partition coefficient (Wildman–Crippen LogP) is 2.21. The summed E-state index contributed by atoms with van der Waals surface area (Å²) in [5, 5.41) is 0. The summed E-state index contributed by atoms with van der Waals surface area (Å²) in [4.78, 5) is 26.2. The van der Waals surface area contributed by atoms with E-state index in [0.717, 1.165) is 50.4 Å². The highest BCUT2D eigenvalue weighted by atomic mass is 16.5. The molecule has 0 saturated carbocycles. The Morgan fingerprint density at radius 3 is 2.96 bits per heavy atom. The lowest BCUT2D eigenvalue weighted by molar-refractivity contribution is -0.134. The molecule has 136 valence electrons. The molecule has 1 amide bonds. The molecule has 4 rings (SSSR count). The van der Waals surface area contributed by atoms with E-state index in [4.69, 9.17) is 9.72 Å². The second kappa shape index (κ2) is 7.41. The predicted molar refractivity (Wildman–Crippen MR) is 97.7 cm³/mol. The number of carbonyl (C=O) groups is 1. The zero-order valence-corrected chi connectivity index (χ0v) is 15.1. The number of nitrogens with zero attached hydrogens (tertiary/aromatic N) is 4. The van der Waals surface area contributed by atoms with Gasteiger partial charge in [-0.25, -0.2) is 9.97 Å². The molecule has 1 atom stereocenters. The number of hydrogen-bond donors (Lipinski definition) is 0. The van der Waals surface area contributed by atoms with Crippen molar-refractivity contribution in [2.45, 2.75) is 31.8 Å². The Bertz CT molecular complexity index is 781. The zero-order chi connectivity index (χ0) is 17.9. The van der Waals surface area contributed by atoms with Crippen molar-refractivity contribution in [1.82, 2.24) is 19.8 Å². The van der Waals surface area contributed by atoms with Crippen molar-refractivity contribution in [3.8, 4) is 5.75 Å². The molecule has 0 bridgehead atoms. The van der Waals surface area contributed by atoms with Crippen LogP contribution in [0.15, 0.2) is 36.5 Å². The molecule has 2 aliphatic rings. The highest BCUT2D eigenvalue weighted by molar-refractivity contribution is 5.78. The Kier molecular flexibility index (Phi) is 4.84. The Morgan fingerprint density at radius 2 is 2.12 bits per heavy atom. The second-order valence-corrected chi connectivity index (χ2v) is 7.03. The first-order chi connectivity index (χ1) is 12.7. The van der Waals surface area contributed by atoms with Crippen LogP contribution in [0.2, 0.25) is 0 Å². The van der Waals surface area contributed by atoms with Crippen molar-refractivity contribution in [3.05, 3.63) is 53.6 Å². The average Bonchev–Trinajstić information content (AvgIpc) is 3.16. The number of hydrogen-bond acceptors (Lipinski definition) is 5. The number of para-hydroxylation sites is 1. The van der Waals surface area contributed by atoms with Gasteiger partial charge in [0.05, 0.1) is 6.04 Å². The van der Waals surface area contributed by atoms with Gasteiger partial charge in [0.2, 0.25) is 0 Å². The summed E-state index contributed by atoms with van der Waals surface area (Å²) in [6, 6.07) is 9.41. The lowest BCUT2D eigenvalue weighted by Gasteiger charge is -2.27. The lowest BCUT2D eigenvalue weighted by Crippen LogP contribution is -2.35. The first kappa shape index (κ1) is 17.0. The minimum Gasteiger partial charge on any atom is -0.484 e.